The van der Waals surface area contributed by atoms with Gasteiger partial charge < -0.3 is 5.32 Å². The van der Waals surface area contributed by atoms with Gasteiger partial charge in [0.25, 0.3) is 0 Å². The van der Waals surface area contributed by atoms with Crippen LogP contribution in [0.1, 0.15) is 16.7 Å². The summed E-state index contributed by atoms with van der Waals surface area (Å²) < 4.78 is 0. The van der Waals surface area contributed by atoms with E-state index < -0.39 is 0 Å². The van der Waals surface area contributed by atoms with Gasteiger partial charge in [0.1, 0.15) is 0 Å². The summed E-state index contributed by atoms with van der Waals surface area (Å²) in [6.07, 6.45) is 4.00. The molecule has 0 atom stereocenters. The number of nitrogens with zero attached hydrogens (tertiary/aromatic N) is 1. The number of hydrogen-bond acceptors (Lipinski definition) is 2. The molecule has 4 aromatic rings. The van der Waals surface area contributed by atoms with Gasteiger partial charge in [0, 0.05) is 23.8 Å². The van der Waals surface area contributed by atoms with Crippen LogP contribution in [0.5, 0.6) is 0 Å². The zero-order valence-electron chi connectivity index (χ0n) is 14.7. The Hall–Kier alpha value is -3.13. The van der Waals surface area contributed by atoms with Gasteiger partial charge >= 0.3 is 0 Å². The maximum Gasteiger partial charge on any atom is 0.0722 e. The Morgan fingerprint density at radius 1 is 0.654 bits per heavy atom. The second-order valence-corrected chi connectivity index (χ2v) is 6.53. The van der Waals surface area contributed by atoms with Crippen molar-refractivity contribution in [3.05, 3.63) is 108 Å². The fourth-order valence-electron chi connectivity index (χ4n) is 3.28. The van der Waals surface area contributed by atoms with E-state index in [4.69, 9.17) is 0 Å². The monoisotopic (exact) mass is 338 g/mol. The number of aromatic nitrogens is 1. The van der Waals surface area contributed by atoms with Crippen molar-refractivity contribution in [1.82, 2.24) is 4.98 Å². The van der Waals surface area contributed by atoms with E-state index in [-0.39, 0.29) is 0 Å². The van der Waals surface area contributed by atoms with Crippen molar-refractivity contribution >= 4 is 16.6 Å². The largest absolute Gasteiger partial charge is 0.380 e. The first-order valence-corrected chi connectivity index (χ1v) is 9.08. The van der Waals surface area contributed by atoms with E-state index in [1.165, 1.54) is 16.7 Å². The van der Waals surface area contributed by atoms with E-state index in [1.54, 1.807) is 0 Å². The molecule has 1 aromatic heterocycles. The quantitative estimate of drug-likeness (QED) is 0.493. The topological polar surface area (TPSA) is 24.9 Å². The third-order valence-corrected chi connectivity index (χ3v) is 4.67. The maximum atomic E-state index is 4.42. The highest BCUT2D eigenvalue weighted by molar-refractivity contribution is 5.90. The molecule has 0 bridgehead atoms. The minimum absolute atomic E-state index is 0.813. The Morgan fingerprint density at radius 2 is 1.38 bits per heavy atom. The first kappa shape index (κ1) is 16.3. The van der Waals surface area contributed by atoms with Gasteiger partial charge in [0.05, 0.1) is 5.52 Å². The number of anilines is 1. The zero-order chi connectivity index (χ0) is 17.6. The lowest BCUT2D eigenvalue weighted by Gasteiger charge is -2.10. The van der Waals surface area contributed by atoms with Gasteiger partial charge in [-0.2, -0.15) is 0 Å². The molecule has 0 aliphatic carbocycles. The number of hydrogen-bond donors (Lipinski definition) is 1. The van der Waals surface area contributed by atoms with Crippen LogP contribution >= 0.6 is 0 Å². The minimum atomic E-state index is 0.813. The average molecular weight is 338 g/mol. The van der Waals surface area contributed by atoms with Gasteiger partial charge in [-0.05, 0) is 41.7 Å². The molecule has 2 heteroatoms. The van der Waals surface area contributed by atoms with Crippen molar-refractivity contribution in [3.8, 4) is 0 Å². The van der Waals surface area contributed by atoms with Crippen LogP contribution in [-0.4, -0.2) is 4.98 Å². The molecular formula is C24H22N2. The molecule has 0 aliphatic rings. The van der Waals surface area contributed by atoms with Crippen molar-refractivity contribution in [2.75, 3.05) is 5.32 Å². The SMILES string of the molecule is c1ccc(CCc2cccc(CNc3ccnc4ccccc34)c2)cc1. The lowest BCUT2D eigenvalue weighted by Crippen LogP contribution is -2.01. The van der Waals surface area contributed by atoms with Gasteiger partial charge in [-0.25, -0.2) is 0 Å². The fourth-order valence-corrected chi connectivity index (χ4v) is 3.28. The van der Waals surface area contributed by atoms with E-state index in [0.717, 1.165) is 36.0 Å². The molecule has 1 N–H and O–H groups in total. The summed E-state index contributed by atoms with van der Waals surface area (Å²) in [4.78, 5) is 4.42. The Balaban J connectivity index is 1.43. The minimum Gasteiger partial charge on any atom is -0.380 e. The highest BCUT2D eigenvalue weighted by Crippen LogP contribution is 2.21. The Bertz CT molecular complexity index is 988. The second-order valence-electron chi connectivity index (χ2n) is 6.53. The normalized spacial score (nSPS) is 10.8. The Labute approximate surface area is 154 Å². The summed E-state index contributed by atoms with van der Waals surface area (Å²) in [6.45, 7) is 0.813. The first-order valence-electron chi connectivity index (χ1n) is 9.08. The molecule has 0 saturated carbocycles. The molecule has 3 aromatic carbocycles. The van der Waals surface area contributed by atoms with Gasteiger partial charge in [0.2, 0.25) is 0 Å². The van der Waals surface area contributed by atoms with E-state index in [2.05, 4.69) is 77.0 Å². The molecule has 1 heterocycles. The van der Waals surface area contributed by atoms with E-state index >= 15 is 0 Å². The summed E-state index contributed by atoms with van der Waals surface area (Å²) in [5.41, 5.74) is 6.22. The van der Waals surface area contributed by atoms with Crippen LogP contribution in [0.4, 0.5) is 5.69 Å². The third-order valence-electron chi connectivity index (χ3n) is 4.67. The molecule has 2 nitrogen and oxygen atoms in total. The Morgan fingerprint density at radius 3 is 2.31 bits per heavy atom. The van der Waals surface area contributed by atoms with Crippen LogP contribution in [0.25, 0.3) is 10.9 Å². The standard InChI is InChI=1S/C24H22N2/c1-2-7-19(8-3-1)13-14-20-9-6-10-21(17-20)18-26-24-15-16-25-23-12-5-4-11-22(23)24/h1-12,15-17H,13-14,18H2,(H,25,26). The van der Waals surface area contributed by atoms with E-state index in [9.17, 15) is 0 Å². The number of rotatable bonds is 6. The third kappa shape index (κ3) is 3.92. The number of para-hydroxylation sites is 1. The van der Waals surface area contributed by atoms with Crippen molar-refractivity contribution in [2.45, 2.75) is 19.4 Å². The summed E-state index contributed by atoms with van der Waals surface area (Å²) in [5.74, 6) is 0. The van der Waals surface area contributed by atoms with Gasteiger partial charge in [-0.1, -0.05) is 72.8 Å². The molecule has 0 aliphatic heterocycles. The molecule has 0 radical (unpaired) electrons. The number of nitrogens with one attached hydrogen (secondary N) is 1. The van der Waals surface area contributed by atoms with Gasteiger partial charge in [0.15, 0.2) is 0 Å². The predicted octanol–water partition coefficient (Wildman–Crippen LogP) is 5.63. The van der Waals surface area contributed by atoms with Crippen LogP contribution in [0.3, 0.4) is 0 Å². The van der Waals surface area contributed by atoms with Crippen LogP contribution < -0.4 is 5.32 Å². The lowest BCUT2D eigenvalue weighted by atomic mass is 10.0. The molecule has 128 valence electrons. The first-order chi connectivity index (χ1) is 12.9. The zero-order valence-corrected chi connectivity index (χ0v) is 14.7. The maximum absolute atomic E-state index is 4.42. The molecule has 0 unspecified atom stereocenters. The Kier molecular flexibility index (Phi) is 4.92. The smallest absolute Gasteiger partial charge is 0.0722 e. The summed E-state index contributed by atoms with van der Waals surface area (Å²) >= 11 is 0. The second kappa shape index (κ2) is 7.83. The van der Waals surface area contributed by atoms with Crippen LogP contribution in [0.2, 0.25) is 0 Å². The van der Waals surface area contributed by atoms with Crippen molar-refractivity contribution in [2.24, 2.45) is 0 Å². The van der Waals surface area contributed by atoms with E-state index in [1.807, 2.05) is 24.4 Å². The number of aryl methyl sites for hydroxylation is 2. The fraction of sp³-hybridized carbons (Fsp3) is 0.125. The summed E-state index contributed by atoms with van der Waals surface area (Å²) in [6, 6.07) is 29.8. The summed E-state index contributed by atoms with van der Waals surface area (Å²) in [7, 11) is 0. The number of fused-ring (bicyclic) bond motifs is 1. The number of benzene rings is 3. The molecular weight excluding hydrogens is 316 g/mol. The summed E-state index contributed by atoms with van der Waals surface area (Å²) in [5, 5.41) is 4.73. The highest BCUT2D eigenvalue weighted by Gasteiger charge is 2.02. The molecule has 0 amide bonds. The van der Waals surface area contributed by atoms with Crippen molar-refractivity contribution in [3.63, 3.8) is 0 Å². The molecule has 4 rings (SSSR count). The van der Waals surface area contributed by atoms with E-state index in [0.29, 0.717) is 0 Å². The molecule has 0 fully saturated rings. The predicted molar refractivity (Wildman–Crippen MR) is 109 cm³/mol. The van der Waals surface area contributed by atoms with Crippen LogP contribution in [-0.2, 0) is 19.4 Å². The van der Waals surface area contributed by atoms with Crippen LogP contribution in [0.15, 0.2) is 91.1 Å². The molecule has 0 spiro atoms. The average Bonchev–Trinajstić information content (AvgIpc) is 2.72. The van der Waals surface area contributed by atoms with Crippen molar-refractivity contribution < 1.29 is 0 Å². The molecule has 0 saturated heterocycles. The van der Waals surface area contributed by atoms with Crippen LogP contribution in [0, 0.1) is 0 Å². The molecule has 26 heavy (non-hydrogen) atoms. The lowest BCUT2D eigenvalue weighted by molar-refractivity contribution is 0.954. The van der Waals surface area contributed by atoms with Crippen molar-refractivity contribution in [1.29, 1.82) is 0 Å². The number of pyridine rings is 1. The van der Waals surface area contributed by atoms with Gasteiger partial charge in [-0.15, -0.1) is 0 Å². The van der Waals surface area contributed by atoms with Gasteiger partial charge in [-0.3, -0.25) is 4.98 Å². The highest BCUT2D eigenvalue weighted by atomic mass is 14.9.